The molecule has 0 saturated heterocycles. The molecule has 68 valence electrons. The van der Waals surface area contributed by atoms with Gasteiger partial charge in [0.2, 0.25) is 0 Å². The van der Waals surface area contributed by atoms with Gasteiger partial charge < -0.3 is 5.73 Å². The van der Waals surface area contributed by atoms with Crippen molar-refractivity contribution >= 4 is 0 Å². The maximum absolute atomic E-state index is 9.61. The molecule has 0 aliphatic rings. The van der Waals surface area contributed by atoms with E-state index in [2.05, 4.69) is 11.0 Å². The topological polar surface area (TPSA) is 82.2 Å². The first kappa shape index (κ1) is 12.9. The molecule has 0 rings (SSSR count). The maximum Gasteiger partial charge on any atom is 0.0962 e. The van der Waals surface area contributed by atoms with Crippen molar-refractivity contribution in [2.24, 2.45) is 11.0 Å². The maximum atomic E-state index is 9.61. The van der Waals surface area contributed by atoms with E-state index in [0.717, 1.165) is 6.42 Å². The fourth-order valence-electron chi connectivity index (χ4n) is 0.475. The molecule has 6 heteroatoms. The van der Waals surface area contributed by atoms with Gasteiger partial charge in [-0.25, -0.2) is 0 Å². The van der Waals surface area contributed by atoms with Gasteiger partial charge in [0.05, 0.1) is 5.29 Å². The monoisotopic (exact) mass is 164 g/mol. The van der Waals surface area contributed by atoms with Crippen LogP contribution in [0.3, 0.4) is 0 Å². The van der Waals surface area contributed by atoms with E-state index < -0.39 is 0 Å². The van der Waals surface area contributed by atoms with Crippen LogP contribution in [0.25, 0.3) is 0 Å². The average molecular weight is 164 g/mol. The molecule has 0 heterocycles. The van der Waals surface area contributed by atoms with E-state index in [4.69, 9.17) is 5.21 Å². The lowest BCUT2D eigenvalue weighted by Crippen LogP contribution is -2.32. The second-order valence-corrected chi connectivity index (χ2v) is 1.73. The lowest BCUT2D eigenvalue weighted by atomic mass is 10.5. The van der Waals surface area contributed by atoms with Crippen LogP contribution in [0.15, 0.2) is 5.29 Å². The molecule has 11 heavy (non-hydrogen) atoms. The molecule has 3 N–H and O–H groups in total. The molecule has 0 aromatic carbocycles. The van der Waals surface area contributed by atoms with Crippen LogP contribution in [0.1, 0.15) is 13.3 Å². The highest BCUT2D eigenvalue weighted by Crippen LogP contribution is 1.90. The third-order valence-corrected chi connectivity index (χ3v) is 0.926. The van der Waals surface area contributed by atoms with Crippen LogP contribution in [-0.4, -0.2) is 36.1 Å². The Hall–Kier alpha value is -0.720. The van der Waals surface area contributed by atoms with Crippen molar-refractivity contribution in [3.8, 4) is 0 Å². The number of hydrogen-bond acceptors (Lipinski definition) is 5. The zero-order valence-corrected chi connectivity index (χ0v) is 7.19. The second-order valence-electron chi connectivity index (χ2n) is 1.73. The largest absolute Gasteiger partial charge is 0.333 e. The summed E-state index contributed by atoms with van der Waals surface area (Å²) < 4.78 is 0. The highest BCUT2D eigenvalue weighted by Gasteiger charge is 2.02. The smallest absolute Gasteiger partial charge is 0.0962 e. The molecule has 0 aliphatic heterocycles. The zero-order valence-electron chi connectivity index (χ0n) is 7.19. The molecule has 0 aromatic heterocycles. The summed E-state index contributed by atoms with van der Waals surface area (Å²) in [5.41, 5.74) is 4.50. The Morgan fingerprint density at radius 3 is 2.27 bits per heavy atom. The van der Waals surface area contributed by atoms with E-state index >= 15 is 0 Å². The molecule has 0 aliphatic carbocycles. The molecule has 0 spiro atoms. The second kappa shape index (κ2) is 9.28. The lowest BCUT2D eigenvalue weighted by Gasteiger charge is -2.17. The summed E-state index contributed by atoms with van der Waals surface area (Å²) in [6, 6.07) is 0. The molecule has 0 aromatic rings. The highest BCUT2D eigenvalue weighted by molar-refractivity contribution is 4.35. The van der Waals surface area contributed by atoms with Gasteiger partial charge in [0.25, 0.3) is 0 Å². The van der Waals surface area contributed by atoms with Crippen LogP contribution in [0, 0.1) is 4.91 Å². The minimum absolute atomic E-state index is 0.281. The van der Waals surface area contributed by atoms with Gasteiger partial charge in [0.15, 0.2) is 0 Å². The molecule has 0 radical (unpaired) electrons. The van der Waals surface area contributed by atoms with E-state index in [0.29, 0.717) is 6.54 Å². The van der Waals surface area contributed by atoms with E-state index in [9.17, 15) is 4.91 Å². The third-order valence-electron chi connectivity index (χ3n) is 0.926. The number of nitroso groups, excluding NO2 is 1. The third kappa shape index (κ3) is 7.17. The normalized spacial score (nSPS) is 8.55. The van der Waals surface area contributed by atoms with Gasteiger partial charge >= 0.3 is 0 Å². The Bertz CT molecular complexity index is 90.6. The fraction of sp³-hybridized carbons (Fsp3) is 1.00. The lowest BCUT2D eigenvalue weighted by molar-refractivity contribution is -0.237. The first-order valence-corrected chi connectivity index (χ1v) is 3.33. The van der Waals surface area contributed by atoms with Crippen molar-refractivity contribution in [1.29, 1.82) is 0 Å². The predicted molar refractivity (Wildman–Crippen MR) is 42.5 cm³/mol. The van der Waals surface area contributed by atoms with Crippen molar-refractivity contribution in [2.45, 2.75) is 13.3 Å². The molecular formula is C5H16N4O2. The molecule has 6 nitrogen and oxygen atoms in total. The quantitative estimate of drug-likeness (QED) is 0.458. The van der Waals surface area contributed by atoms with E-state index in [1.807, 2.05) is 6.92 Å². The molecular weight excluding hydrogens is 148 g/mol. The van der Waals surface area contributed by atoms with Crippen LogP contribution in [0.4, 0.5) is 0 Å². The average Bonchev–Trinajstić information content (AvgIpc) is 2.07. The number of hydrazine groups is 1. The van der Waals surface area contributed by atoms with Crippen LogP contribution in [0.2, 0.25) is 0 Å². The minimum atomic E-state index is 0.281. The number of hydrogen-bond donors (Lipinski definition) is 2. The first-order chi connectivity index (χ1) is 5.22. The Morgan fingerprint density at radius 2 is 2.00 bits per heavy atom. The van der Waals surface area contributed by atoms with Crippen LogP contribution < -0.4 is 5.73 Å². The van der Waals surface area contributed by atoms with Gasteiger partial charge in [0, 0.05) is 13.6 Å². The fourth-order valence-corrected chi connectivity index (χ4v) is 0.475. The van der Waals surface area contributed by atoms with Gasteiger partial charge in [-0.3, -0.25) is 5.21 Å². The van der Waals surface area contributed by atoms with Crippen LogP contribution in [-0.2, 0) is 0 Å². The van der Waals surface area contributed by atoms with Gasteiger partial charge in [-0.1, -0.05) is 12.2 Å². The van der Waals surface area contributed by atoms with Crippen molar-refractivity contribution in [3.63, 3.8) is 0 Å². The zero-order chi connectivity index (χ0) is 9.28. The van der Waals surface area contributed by atoms with Crippen molar-refractivity contribution in [3.05, 3.63) is 4.91 Å². The summed E-state index contributed by atoms with van der Waals surface area (Å²) in [6.07, 6.45) is 0.864. The van der Waals surface area contributed by atoms with Crippen LogP contribution in [0.5, 0.6) is 0 Å². The summed E-state index contributed by atoms with van der Waals surface area (Å²) in [7, 11) is 3.07. The Kier molecular flexibility index (Phi) is 10.9. The number of rotatable bonds is 4. The molecule has 0 bridgehead atoms. The summed E-state index contributed by atoms with van der Waals surface area (Å²) in [5.74, 6) is 0. The predicted octanol–water partition coefficient (Wildman–Crippen LogP) is 0.191. The number of nitrogens with zero attached hydrogens (tertiary/aromatic N) is 3. The van der Waals surface area contributed by atoms with Crippen molar-refractivity contribution in [2.75, 3.05) is 20.6 Å². The Labute approximate surface area is 66.4 Å². The van der Waals surface area contributed by atoms with E-state index in [-0.39, 0.29) is 5.28 Å². The summed E-state index contributed by atoms with van der Waals surface area (Å²) in [6.45, 7) is 2.55. The number of nitrogens with two attached hydrogens (primary N) is 1. The summed E-state index contributed by atoms with van der Waals surface area (Å²) in [5, 5.41) is 12.4. The minimum Gasteiger partial charge on any atom is -0.333 e. The highest BCUT2D eigenvalue weighted by atomic mass is 16.6. The standard InChI is InChI=1S/C4H11N3O2.CH5N/c1-3-4-6(2)7(9)5-8;1-2/h9H,3-4H2,1-2H3;2H2,1H3. The van der Waals surface area contributed by atoms with E-state index in [1.54, 1.807) is 7.05 Å². The Morgan fingerprint density at radius 1 is 1.55 bits per heavy atom. The molecule has 0 saturated carbocycles. The summed E-state index contributed by atoms with van der Waals surface area (Å²) in [4.78, 5) is 9.61. The van der Waals surface area contributed by atoms with Crippen LogP contribution >= 0.6 is 0 Å². The van der Waals surface area contributed by atoms with E-state index in [1.165, 1.54) is 12.1 Å². The summed E-state index contributed by atoms with van der Waals surface area (Å²) >= 11 is 0. The molecule has 0 amide bonds. The Balaban J connectivity index is 0. The van der Waals surface area contributed by atoms with Gasteiger partial charge in [-0.15, -0.1) is 4.91 Å². The van der Waals surface area contributed by atoms with Gasteiger partial charge in [-0.2, -0.15) is 5.01 Å². The molecule has 0 unspecified atom stereocenters. The van der Waals surface area contributed by atoms with Crippen molar-refractivity contribution < 1.29 is 5.21 Å². The van der Waals surface area contributed by atoms with Crippen molar-refractivity contribution in [1.82, 2.24) is 10.3 Å². The first-order valence-electron chi connectivity index (χ1n) is 3.33. The SMILES string of the molecule is CCCN(C)N(O)N=O.CN. The van der Waals surface area contributed by atoms with Gasteiger partial charge in [-0.05, 0) is 13.5 Å². The van der Waals surface area contributed by atoms with Gasteiger partial charge in [0.1, 0.15) is 0 Å². The molecule has 0 fully saturated rings. The molecule has 0 atom stereocenters.